The number of aliphatic carboxylic acids is 1. The molecule has 0 aliphatic rings. The molecule has 0 aromatic heterocycles. The fraction of sp³-hybridized carbons (Fsp3) is 0.278. The van der Waals surface area contributed by atoms with Crippen molar-refractivity contribution in [1.82, 2.24) is 0 Å². The van der Waals surface area contributed by atoms with Gasteiger partial charge in [-0.25, -0.2) is 4.79 Å². The van der Waals surface area contributed by atoms with Crippen molar-refractivity contribution in [2.45, 2.75) is 32.5 Å². The Morgan fingerprint density at radius 2 is 1.59 bits per heavy atom. The molecule has 3 nitrogen and oxygen atoms in total. The molecule has 2 aromatic carbocycles. The molecule has 0 aliphatic heterocycles. The third kappa shape index (κ3) is 4.09. The van der Waals surface area contributed by atoms with Crippen molar-refractivity contribution in [2.24, 2.45) is 0 Å². The summed E-state index contributed by atoms with van der Waals surface area (Å²) in [6, 6.07) is 15.6. The van der Waals surface area contributed by atoms with E-state index in [0.29, 0.717) is 5.02 Å². The number of rotatable bonds is 6. The van der Waals surface area contributed by atoms with Gasteiger partial charge in [-0.2, -0.15) is 0 Å². The zero-order chi connectivity index (χ0) is 16.1. The van der Waals surface area contributed by atoms with Crippen molar-refractivity contribution in [3.63, 3.8) is 0 Å². The lowest BCUT2D eigenvalue weighted by atomic mass is 10.0. The Kier molecular flexibility index (Phi) is 5.58. The summed E-state index contributed by atoms with van der Waals surface area (Å²) in [7, 11) is 0. The highest BCUT2D eigenvalue weighted by Gasteiger charge is 2.18. The third-order valence-electron chi connectivity index (χ3n) is 3.55. The first-order chi connectivity index (χ1) is 10.5. The van der Waals surface area contributed by atoms with Crippen LogP contribution in [0.4, 0.5) is 0 Å². The second-order valence-electron chi connectivity index (χ2n) is 5.14. The molecule has 0 bridgehead atoms. The van der Waals surface area contributed by atoms with Crippen molar-refractivity contribution in [2.75, 3.05) is 0 Å². The summed E-state index contributed by atoms with van der Waals surface area (Å²) in [4.78, 5) is 10.9. The molecule has 0 heterocycles. The van der Waals surface area contributed by atoms with Gasteiger partial charge in [0.15, 0.2) is 6.10 Å². The fourth-order valence-corrected chi connectivity index (χ4v) is 2.37. The average Bonchev–Trinajstić information content (AvgIpc) is 2.53. The van der Waals surface area contributed by atoms with Gasteiger partial charge in [-0.3, -0.25) is 0 Å². The lowest BCUT2D eigenvalue weighted by molar-refractivity contribution is -0.153. The minimum atomic E-state index is -0.948. The van der Waals surface area contributed by atoms with E-state index in [0.717, 1.165) is 23.1 Å². The smallest absolute Gasteiger partial charge is 0.332 e. The van der Waals surface area contributed by atoms with E-state index >= 15 is 0 Å². The van der Waals surface area contributed by atoms with E-state index < -0.39 is 12.1 Å². The summed E-state index contributed by atoms with van der Waals surface area (Å²) >= 11 is 5.89. The lowest BCUT2D eigenvalue weighted by Crippen LogP contribution is -2.22. The van der Waals surface area contributed by atoms with E-state index in [1.54, 1.807) is 6.92 Å². The number of ether oxygens (including phenoxy) is 1. The van der Waals surface area contributed by atoms with E-state index in [1.807, 2.05) is 55.5 Å². The summed E-state index contributed by atoms with van der Waals surface area (Å²) in [6.45, 7) is 3.53. The van der Waals surface area contributed by atoms with Gasteiger partial charge in [0.05, 0.1) is 6.10 Å². The number of hydrogen-bond acceptors (Lipinski definition) is 2. The molecule has 116 valence electrons. The molecule has 22 heavy (non-hydrogen) atoms. The molecule has 0 radical (unpaired) electrons. The van der Waals surface area contributed by atoms with Crippen molar-refractivity contribution in [3.8, 4) is 11.1 Å². The minimum absolute atomic E-state index is 0.217. The number of carboxylic acids is 1. The van der Waals surface area contributed by atoms with Crippen molar-refractivity contribution < 1.29 is 14.6 Å². The zero-order valence-corrected chi connectivity index (χ0v) is 13.4. The maximum Gasteiger partial charge on any atom is 0.332 e. The quantitative estimate of drug-likeness (QED) is 0.820. The van der Waals surface area contributed by atoms with Crippen molar-refractivity contribution in [1.29, 1.82) is 0 Å². The summed E-state index contributed by atoms with van der Waals surface area (Å²) in [6.07, 6.45) is -0.316. The molecule has 0 amide bonds. The first-order valence-corrected chi connectivity index (χ1v) is 7.63. The van der Waals surface area contributed by atoms with Crippen LogP contribution in [0.5, 0.6) is 0 Å². The predicted molar refractivity (Wildman–Crippen MR) is 88.1 cm³/mol. The highest BCUT2D eigenvalue weighted by atomic mass is 35.5. The molecule has 2 unspecified atom stereocenters. The van der Waals surface area contributed by atoms with Crippen LogP contribution in [0.3, 0.4) is 0 Å². The van der Waals surface area contributed by atoms with Crippen molar-refractivity contribution >= 4 is 17.6 Å². The van der Waals surface area contributed by atoms with E-state index in [9.17, 15) is 4.79 Å². The van der Waals surface area contributed by atoms with Crippen LogP contribution in [-0.2, 0) is 9.53 Å². The Morgan fingerprint density at radius 3 is 2.05 bits per heavy atom. The normalized spacial score (nSPS) is 13.6. The molecule has 2 rings (SSSR count). The Hall–Kier alpha value is -1.84. The fourth-order valence-electron chi connectivity index (χ4n) is 2.25. The van der Waals surface area contributed by atoms with Gasteiger partial charge in [0.25, 0.3) is 0 Å². The van der Waals surface area contributed by atoms with E-state index in [-0.39, 0.29) is 6.10 Å². The molecule has 2 aromatic rings. The molecule has 0 fully saturated rings. The molecule has 4 heteroatoms. The highest BCUT2D eigenvalue weighted by molar-refractivity contribution is 6.30. The van der Waals surface area contributed by atoms with Crippen LogP contribution in [-0.4, -0.2) is 17.2 Å². The van der Waals surface area contributed by atoms with E-state index in [1.165, 1.54) is 0 Å². The summed E-state index contributed by atoms with van der Waals surface area (Å²) in [5, 5.41) is 9.66. The van der Waals surface area contributed by atoms with Gasteiger partial charge in [-0.1, -0.05) is 54.9 Å². The number of hydrogen-bond donors (Lipinski definition) is 1. The van der Waals surface area contributed by atoms with Gasteiger partial charge >= 0.3 is 5.97 Å². The van der Waals surface area contributed by atoms with Gasteiger partial charge in [0, 0.05) is 5.02 Å². The molecule has 0 aliphatic carbocycles. The summed E-state index contributed by atoms with van der Waals surface area (Å²) in [5.74, 6) is -0.948. The van der Waals surface area contributed by atoms with Crippen LogP contribution < -0.4 is 0 Å². The number of halogens is 1. The molecule has 2 atom stereocenters. The second-order valence-corrected chi connectivity index (χ2v) is 5.58. The maximum atomic E-state index is 10.9. The van der Waals surface area contributed by atoms with Gasteiger partial charge < -0.3 is 9.84 Å². The van der Waals surface area contributed by atoms with Crippen LogP contribution in [0, 0.1) is 0 Å². The first kappa shape index (κ1) is 16.5. The Bertz CT molecular complexity index is 620. The van der Waals surface area contributed by atoms with E-state index in [2.05, 4.69) is 0 Å². The van der Waals surface area contributed by atoms with Crippen LogP contribution >= 0.6 is 11.6 Å². The van der Waals surface area contributed by atoms with Gasteiger partial charge in [0.2, 0.25) is 0 Å². The van der Waals surface area contributed by atoms with Crippen LogP contribution in [0.2, 0.25) is 5.02 Å². The lowest BCUT2D eigenvalue weighted by Gasteiger charge is -2.19. The second kappa shape index (κ2) is 7.43. The number of benzene rings is 2. The Labute approximate surface area is 135 Å². The summed E-state index contributed by atoms with van der Waals surface area (Å²) in [5.41, 5.74) is 3.15. The van der Waals surface area contributed by atoms with Crippen molar-refractivity contribution in [3.05, 3.63) is 59.1 Å². The molecule has 0 saturated carbocycles. The first-order valence-electron chi connectivity index (χ1n) is 7.25. The van der Waals surface area contributed by atoms with Gasteiger partial charge in [-0.05, 0) is 42.2 Å². The number of carboxylic acid groups (broad SMARTS) is 1. The average molecular weight is 319 g/mol. The van der Waals surface area contributed by atoms with E-state index in [4.69, 9.17) is 21.4 Å². The van der Waals surface area contributed by atoms with Crippen LogP contribution in [0.1, 0.15) is 31.9 Å². The Balaban J connectivity index is 2.16. The molecular weight excluding hydrogens is 300 g/mol. The van der Waals surface area contributed by atoms with Gasteiger partial charge in [-0.15, -0.1) is 0 Å². The maximum absolute atomic E-state index is 10.9. The Morgan fingerprint density at radius 1 is 1.09 bits per heavy atom. The van der Waals surface area contributed by atoms with Crippen LogP contribution in [0.15, 0.2) is 48.5 Å². The predicted octanol–water partition coefficient (Wildman–Crippen LogP) is 4.95. The molecule has 0 saturated heterocycles. The topological polar surface area (TPSA) is 46.5 Å². The molecular formula is C18H19ClO3. The largest absolute Gasteiger partial charge is 0.479 e. The third-order valence-corrected chi connectivity index (χ3v) is 3.80. The monoisotopic (exact) mass is 318 g/mol. The highest BCUT2D eigenvalue weighted by Crippen LogP contribution is 2.27. The van der Waals surface area contributed by atoms with Gasteiger partial charge in [0.1, 0.15) is 0 Å². The summed E-state index contributed by atoms with van der Waals surface area (Å²) < 4.78 is 5.59. The number of carbonyl (C=O) groups is 1. The molecule has 0 spiro atoms. The minimum Gasteiger partial charge on any atom is -0.479 e. The standard InChI is InChI=1S/C18H19ClO3/c1-3-17(22-12(2)18(20)21)15-6-4-13(5-7-15)14-8-10-16(19)11-9-14/h4-12,17H,3H2,1-2H3,(H,20,21). The SMILES string of the molecule is CCC(OC(C)C(=O)O)c1ccc(-c2ccc(Cl)cc2)cc1. The molecule has 1 N–H and O–H groups in total. The van der Waals surface area contributed by atoms with Crippen LogP contribution in [0.25, 0.3) is 11.1 Å². The zero-order valence-electron chi connectivity index (χ0n) is 12.6.